The van der Waals surface area contributed by atoms with Crippen LogP contribution in [0.2, 0.25) is 0 Å². The largest absolute Gasteiger partial charge is 0.369 e. The second-order valence-corrected chi connectivity index (χ2v) is 5.03. The molecular weight excluding hydrogens is 234 g/mol. The van der Waals surface area contributed by atoms with Gasteiger partial charge in [-0.2, -0.15) is 0 Å². The molecule has 1 fully saturated rings. The highest BCUT2D eigenvalue weighted by atomic mass is 15.2. The van der Waals surface area contributed by atoms with Crippen molar-refractivity contribution in [3.05, 3.63) is 48.3 Å². The van der Waals surface area contributed by atoms with Gasteiger partial charge in [-0.05, 0) is 36.2 Å². The van der Waals surface area contributed by atoms with E-state index in [1.54, 1.807) is 0 Å². The molecule has 19 heavy (non-hydrogen) atoms. The zero-order valence-corrected chi connectivity index (χ0v) is 11.3. The van der Waals surface area contributed by atoms with Crippen LogP contribution in [0.15, 0.2) is 42.7 Å². The van der Waals surface area contributed by atoms with Gasteiger partial charge in [0.2, 0.25) is 0 Å². The second-order valence-electron chi connectivity index (χ2n) is 5.03. The van der Waals surface area contributed by atoms with Gasteiger partial charge in [0.25, 0.3) is 0 Å². The predicted molar refractivity (Wildman–Crippen MR) is 79.5 cm³/mol. The van der Waals surface area contributed by atoms with Crippen molar-refractivity contribution in [3.8, 4) is 11.1 Å². The van der Waals surface area contributed by atoms with Crippen LogP contribution in [0.25, 0.3) is 11.1 Å². The molecule has 0 aliphatic carbocycles. The summed E-state index contributed by atoms with van der Waals surface area (Å²) in [5, 5.41) is 3.38. The third kappa shape index (κ3) is 2.76. The maximum Gasteiger partial charge on any atom is 0.0367 e. The lowest BCUT2D eigenvalue weighted by Gasteiger charge is -2.29. The lowest BCUT2D eigenvalue weighted by molar-refractivity contribution is 0.589. The SMILES string of the molecule is Cc1cncc(-c2ccc(N3CCNCC3)cc2)c1. The topological polar surface area (TPSA) is 28.2 Å². The van der Waals surface area contributed by atoms with E-state index in [-0.39, 0.29) is 0 Å². The van der Waals surface area contributed by atoms with Gasteiger partial charge in [-0.25, -0.2) is 0 Å². The summed E-state index contributed by atoms with van der Waals surface area (Å²) in [6, 6.07) is 11.0. The molecule has 3 nitrogen and oxygen atoms in total. The molecule has 0 atom stereocenters. The Labute approximate surface area is 114 Å². The molecule has 1 N–H and O–H groups in total. The Morgan fingerprint density at radius 1 is 1.00 bits per heavy atom. The van der Waals surface area contributed by atoms with Gasteiger partial charge in [0.1, 0.15) is 0 Å². The van der Waals surface area contributed by atoms with E-state index in [1.165, 1.54) is 22.4 Å². The van der Waals surface area contributed by atoms with Crippen molar-refractivity contribution in [1.82, 2.24) is 10.3 Å². The number of anilines is 1. The van der Waals surface area contributed by atoms with Crippen molar-refractivity contribution in [3.63, 3.8) is 0 Å². The van der Waals surface area contributed by atoms with Crippen LogP contribution in [0.5, 0.6) is 0 Å². The molecule has 3 heteroatoms. The van der Waals surface area contributed by atoms with Gasteiger partial charge in [-0.1, -0.05) is 12.1 Å². The van der Waals surface area contributed by atoms with Crippen LogP contribution in [0, 0.1) is 6.92 Å². The van der Waals surface area contributed by atoms with E-state index in [2.05, 4.69) is 52.5 Å². The summed E-state index contributed by atoms with van der Waals surface area (Å²) in [5.41, 5.74) is 4.93. The summed E-state index contributed by atoms with van der Waals surface area (Å²) in [4.78, 5) is 6.68. The van der Waals surface area contributed by atoms with Gasteiger partial charge in [0.15, 0.2) is 0 Å². The Hall–Kier alpha value is -1.87. The van der Waals surface area contributed by atoms with E-state index in [4.69, 9.17) is 0 Å². The first-order valence-corrected chi connectivity index (χ1v) is 6.81. The van der Waals surface area contributed by atoms with Crippen molar-refractivity contribution in [2.24, 2.45) is 0 Å². The van der Waals surface area contributed by atoms with Crippen molar-refractivity contribution in [2.75, 3.05) is 31.1 Å². The van der Waals surface area contributed by atoms with Gasteiger partial charge in [-0.15, -0.1) is 0 Å². The van der Waals surface area contributed by atoms with Gasteiger partial charge in [-0.3, -0.25) is 4.98 Å². The van der Waals surface area contributed by atoms with Crippen molar-refractivity contribution in [2.45, 2.75) is 6.92 Å². The van der Waals surface area contributed by atoms with E-state index in [1.807, 2.05) is 12.4 Å². The fourth-order valence-electron chi connectivity index (χ4n) is 2.50. The molecule has 3 rings (SSSR count). The fraction of sp³-hybridized carbons (Fsp3) is 0.312. The molecule has 1 aliphatic heterocycles. The number of piperazine rings is 1. The summed E-state index contributed by atoms with van der Waals surface area (Å²) in [6.45, 7) is 6.40. The minimum absolute atomic E-state index is 1.07. The van der Waals surface area contributed by atoms with Crippen LogP contribution in [-0.4, -0.2) is 31.2 Å². The molecule has 2 heterocycles. The molecule has 0 bridgehead atoms. The maximum atomic E-state index is 4.25. The summed E-state index contributed by atoms with van der Waals surface area (Å²) >= 11 is 0. The highest BCUT2D eigenvalue weighted by molar-refractivity contribution is 5.66. The van der Waals surface area contributed by atoms with Gasteiger partial charge < -0.3 is 10.2 Å². The second kappa shape index (κ2) is 5.41. The standard InChI is InChI=1S/C16H19N3/c1-13-10-15(12-18-11-13)14-2-4-16(5-3-14)19-8-6-17-7-9-19/h2-5,10-12,17H,6-9H2,1H3. The Morgan fingerprint density at radius 2 is 1.74 bits per heavy atom. The molecule has 2 aromatic rings. The summed E-state index contributed by atoms with van der Waals surface area (Å²) in [5.74, 6) is 0. The number of hydrogen-bond acceptors (Lipinski definition) is 3. The Morgan fingerprint density at radius 3 is 2.42 bits per heavy atom. The number of pyridine rings is 1. The molecule has 0 amide bonds. The first kappa shape index (κ1) is 12.2. The lowest BCUT2D eigenvalue weighted by atomic mass is 10.1. The van der Waals surface area contributed by atoms with Crippen LogP contribution in [0.4, 0.5) is 5.69 Å². The normalized spacial score (nSPS) is 15.5. The van der Waals surface area contributed by atoms with Gasteiger partial charge >= 0.3 is 0 Å². The van der Waals surface area contributed by atoms with Gasteiger partial charge in [0, 0.05) is 49.8 Å². The lowest BCUT2D eigenvalue weighted by Crippen LogP contribution is -2.43. The van der Waals surface area contributed by atoms with E-state index in [0.717, 1.165) is 26.2 Å². The Bertz CT molecular complexity index is 542. The average molecular weight is 253 g/mol. The molecule has 0 unspecified atom stereocenters. The van der Waals surface area contributed by atoms with Gasteiger partial charge in [0.05, 0.1) is 0 Å². The van der Waals surface area contributed by atoms with E-state index in [0.29, 0.717) is 0 Å². The summed E-state index contributed by atoms with van der Waals surface area (Å²) in [7, 11) is 0. The minimum atomic E-state index is 1.07. The van der Waals surface area contributed by atoms with E-state index in [9.17, 15) is 0 Å². The molecule has 0 radical (unpaired) electrons. The van der Waals surface area contributed by atoms with Crippen molar-refractivity contribution < 1.29 is 0 Å². The molecule has 1 aliphatic rings. The summed E-state index contributed by atoms with van der Waals surface area (Å²) in [6.07, 6.45) is 3.81. The quantitative estimate of drug-likeness (QED) is 0.891. The number of benzene rings is 1. The number of nitrogens with zero attached hydrogens (tertiary/aromatic N) is 2. The van der Waals surface area contributed by atoms with Crippen LogP contribution in [0.1, 0.15) is 5.56 Å². The third-order valence-electron chi connectivity index (χ3n) is 3.56. The molecule has 0 spiro atoms. The van der Waals surface area contributed by atoms with Crippen LogP contribution in [0.3, 0.4) is 0 Å². The molecule has 1 aromatic carbocycles. The molecule has 1 aromatic heterocycles. The third-order valence-corrected chi connectivity index (χ3v) is 3.56. The number of aryl methyl sites for hydroxylation is 1. The van der Waals surface area contributed by atoms with Crippen LogP contribution >= 0.6 is 0 Å². The van der Waals surface area contributed by atoms with Crippen LogP contribution in [-0.2, 0) is 0 Å². The molecule has 0 saturated carbocycles. The smallest absolute Gasteiger partial charge is 0.0367 e. The zero-order valence-electron chi connectivity index (χ0n) is 11.3. The minimum Gasteiger partial charge on any atom is -0.369 e. The summed E-state index contributed by atoms with van der Waals surface area (Å²) < 4.78 is 0. The maximum absolute atomic E-state index is 4.25. The van der Waals surface area contributed by atoms with Crippen molar-refractivity contribution in [1.29, 1.82) is 0 Å². The fourth-order valence-corrected chi connectivity index (χ4v) is 2.50. The Kier molecular flexibility index (Phi) is 3.47. The first-order valence-electron chi connectivity index (χ1n) is 6.81. The monoisotopic (exact) mass is 253 g/mol. The highest BCUT2D eigenvalue weighted by Crippen LogP contribution is 2.23. The predicted octanol–water partition coefficient (Wildman–Crippen LogP) is 2.47. The van der Waals surface area contributed by atoms with Crippen LogP contribution < -0.4 is 10.2 Å². The molecule has 98 valence electrons. The highest BCUT2D eigenvalue weighted by Gasteiger charge is 2.10. The zero-order chi connectivity index (χ0) is 13.1. The molecular formula is C16H19N3. The Balaban J connectivity index is 1.82. The number of rotatable bonds is 2. The number of nitrogens with one attached hydrogen (secondary N) is 1. The van der Waals surface area contributed by atoms with E-state index < -0.39 is 0 Å². The average Bonchev–Trinajstić information content (AvgIpc) is 2.48. The van der Waals surface area contributed by atoms with Crippen molar-refractivity contribution >= 4 is 5.69 Å². The van der Waals surface area contributed by atoms with E-state index >= 15 is 0 Å². The molecule has 1 saturated heterocycles. The number of hydrogen-bond donors (Lipinski definition) is 1. The number of aromatic nitrogens is 1. The first-order chi connectivity index (χ1) is 9.33.